The molecule has 1 heterocycles. The summed E-state index contributed by atoms with van der Waals surface area (Å²) in [4.78, 5) is 2.01. The maximum Gasteiger partial charge on any atom is 0.146 e. The zero-order chi connectivity index (χ0) is 9.97. The molecular weight excluding hydrogens is 203 g/mol. The lowest BCUT2D eigenvalue weighted by atomic mass is 10.2. The van der Waals surface area contributed by atoms with Gasteiger partial charge in [-0.15, -0.1) is 0 Å². The number of benzene rings is 1. The number of hydrogen-bond acceptors (Lipinski definition) is 2. The molecule has 1 aliphatic rings. The molecule has 0 radical (unpaired) electrons. The number of nitrogens with one attached hydrogen (secondary N) is 1. The second kappa shape index (κ2) is 4.15. The van der Waals surface area contributed by atoms with Crippen LogP contribution in [0.15, 0.2) is 18.2 Å². The van der Waals surface area contributed by atoms with Gasteiger partial charge in [-0.1, -0.05) is 11.6 Å². The van der Waals surface area contributed by atoms with E-state index < -0.39 is 0 Å². The molecule has 2 nitrogen and oxygen atoms in total. The first-order valence-electron chi connectivity index (χ1n) is 4.68. The molecule has 0 amide bonds. The summed E-state index contributed by atoms with van der Waals surface area (Å²) in [7, 11) is 0. The van der Waals surface area contributed by atoms with Gasteiger partial charge in [-0.05, 0) is 18.2 Å². The number of rotatable bonds is 1. The molecular formula is C10H12ClFN2. The van der Waals surface area contributed by atoms with Crippen LogP contribution in [0.25, 0.3) is 0 Å². The lowest BCUT2D eigenvalue weighted by Crippen LogP contribution is -2.43. The smallest absolute Gasteiger partial charge is 0.146 e. The van der Waals surface area contributed by atoms with Gasteiger partial charge in [-0.25, -0.2) is 4.39 Å². The van der Waals surface area contributed by atoms with E-state index in [-0.39, 0.29) is 5.82 Å². The molecule has 1 fully saturated rings. The third kappa shape index (κ3) is 1.99. The van der Waals surface area contributed by atoms with Crippen LogP contribution >= 0.6 is 11.6 Å². The Labute approximate surface area is 87.7 Å². The Morgan fingerprint density at radius 1 is 1.29 bits per heavy atom. The molecule has 0 saturated carbocycles. The highest BCUT2D eigenvalue weighted by molar-refractivity contribution is 6.30. The Morgan fingerprint density at radius 2 is 2.00 bits per heavy atom. The fourth-order valence-corrected chi connectivity index (χ4v) is 1.80. The van der Waals surface area contributed by atoms with Crippen molar-refractivity contribution in [3.8, 4) is 0 Å². The number of nitrogens with zero attached hydrogens (tertiary/aromatic N) is 1. The molecule has 0 unspecified atom stereocenters. The molecule has 1 aromatic carbocycles. The minimum Gasteiger partial charge on any atom is -0.367 e. The van der Waals surface area contributed by atoms with Gasteiger partial charge in [0.15, 0.2) is 0 Å². The molecule has 1 N–H and O–H groups in total. The summed E-state index contributed by atoms with van der Waals surface area (Å²) >= 11 is 5.83. The third-order valence-corrected chi connectivity index (χ3v) is 2.60. The lowest BCUT2D eigenvalue weighted by molar-refractivity contribution is 0.566. The molecule has 1 aromatic rings. The Morgan fingerprint density at radius 3 is 2.71 bits per heavy atom. The van der Waals surface area contributed by atoms with Crippen LogP contribution < -0.4 is 10.2 Å². The molecule has 1 saturated heterocycles. The Bertz CT molecular complexity index is 324. The standard InChI is InChI=1S/C10H12ClFN2/c11-8-1-2-9(12)10(7-8)14-5-3-13-4-6-14/h1-2,7,13H,3-6H2. The second-order valence-electron chi connectivity index (χ2n) is 3.33. The number of halogens is 2. The fourth-order valence-electron chi connectivity index (χ4n) is 1.63. The summed E-state index contributed by atoms with van der Waals surface area (Å²) < 4.78 is 13.4. The second-order valence-corrected chi connectivity index (χ2v) is 3.77. The minimum atomic E-state index is -0.198. The zero-order valence-electron chi connectivity index (χ0n) is 7.76. The van der Waals surface area contributed by atoms with E-state index in [9.17, 15) is 4.39 Å². The van der Waals surface area contributed by atoms with Crippen LogP contribution in [0.2, 0.25) is 5.02 Å². The van der Waals surface area contributed by atoms with Crippen molar-refractivity contribution >= 4 is 17.3 Å². The van der Waals surface area contributed by atoms with Gasteiger partial charge in [0, 0.05) is 31.2 Å². The van der Waals surface area contributed by atoms with Crippen molar-refractivity contribution in [3.63, 3.8) is 0 Å². The van der Waals surface area contributed by atoms with Crippen molar-refractivity contribution in [3.05, 3.63) is 29.0 Å². The molecule has 0 aliphatic carbocycles. The Balaban J connectivity index is 2.24. The average Bonchev–Trinajstić information content (AvgIpc) is 2.23. The van der Waals surface area contributed by atoms with Crippen molar-refractivity contribution in [1.29, 1.82) is 0 Å². The first-order valence-corrected chi connectivity index (χ1v) is 5.06. The van der Waals surface area contributed by atoms with E-state index in [0.29, 0.717) is 10.7 Å². The van der Waals surface area contributed by atoms with Crippen LogP contribution in [-0.2, 0) is 0 Å². The molecule has 76 valence electrons. The van der Waals surface area contributed by atoms with Crippen LogP contribution in [0, 0.1) is 5.82 Å². The maximum atomic E-state index is 13.4. The third-order valence-electron chi connectivity index (χ3n) is 2.37. The molecule has 0 aromatic heterocycles. The normalized spacial score (nSPS) is 17.1. The van der Waals surface area contributed by atoms with Gasteiger partial charge in [0.1, 0.15) is 5.82 Å². The highest BCUT2D eigenvalue weighted by Crippen LogP contribution is 2.23. The Hall–Kier alpha value is -0.800. The van der Waals surface area contributed by atoms with Crippen molar-refractivity contribution in [2.24, 2.45) is 0 Å². The van der Waals surface area contributed by atoms with Gasteiger partial charge < -0.3 is 10.2 Å². The predicted molar refractivity (Wildman–Crippen MR) is 56.5 cm³/mol. The van der Waals surface area contributed by atoms with Gasteiger partial charge in [0.25, 0.3) is 0 Å². The van der Waals surface area contributed by atoms with Gasteiger partial charge in [-0.3, -0.25) is 0 Å². The molecule has 2 rings (SSSR count). The topological polar surface area (TPSA) is 15.3 Å². The molecule has 0 spiro atoms. The quantitative estimate of drug-likeness (QED) is 0.768. The highest BCUT2D eigenvalue weighted by atomic mass is 35.5. The summed E-state index contributed by atoms with van der Waals surface area (Å²) in [6.07, 6.45) is 0. The predicted octanol–water partition coefficient (Wildman–Crippen LogP) is 1.89. The fraction of sp³-hybridized carbons (Fsp3) is 0.400. The zero-order valence-corrected chi connectivity index (χ0v) is 8.52. The molecule has 4 heteroatoms. The largest absolute Gasteiger partial charge is 0.367 e. The van der Waals surface area contributed by atoms with Crippen LogP contribution in [0.5, 0.6) is 0 Å². The van der Waals surface area contributed by atoms with E-state index in [1.807, 2.05) is 4.90 Å². The van der Waals surface area contributed by atoms with Crippen molar-refractivity contribution in [2.45, 2.75) is 0 Å². The Kier molecular flexibility index (Phi) is 2.89. The summed E-state index contributed by atoms with van der Waals surface area (Å²) in [5.74, 6) is -0.198. The van der Waals surface area contributed by atoms with E-state index in [1.165, 1.54) is 6.07 Å². The van der Waals surface area contributed by atoms with E-state index in [2.05, 4.69) is 5.32 Å². The van der Waals surface area contributed by atoms with Gasteiger partial charge in [-0.2, -0.15) is 0 Å². The van der Waals surface area contributed by atoms with E-state index >= 15 is 0 Å². The monoisotopic (exact) mass is 214 g/mol. The van der Waals surface area contributed by atoms with E-state index in [1.54, 1.807) is 12.1 Å². The number of anilines is 1. The van der Waals surface area contributed by atoms with Crippen LogP contribution in [0.4, 0.5) is 10.1 Å². The highest BCUT2D eigenvalue weighted by Gasteiger charge is 2.14. The average molecular weight is 215 g/mol. The lowest BCUT2D eigenvalue weighted by Gasteiger charge is -2.29. The SMILES string of the molecule is Fc1ccc(Cl)cc1N1CCNCC1. The van der Waals surface area contributed by atoms with Crippen molar-refractivity contribution in [1.82, 2.24) is 5.32 Å². The van der Waals surface area contributed by atoms with E-state index in [4.69, 9.17) is 11.6 Å². The van der Waals surface area contributed by atoms with Gasteiger partial charge in [0.05, 0.1) is 5.69 Å². The number of hydrogen-bond donors (Lipinski definition) is 1. The van der Waals surface area contributed by atoms with Crippen LogP contribution in [0.1, 0.15) is 0 Å². The molecule has 1 aliphatic heterocycles. The van der Waals surface area contributed by atoms with E-state index in [0.717, 1.165) is 26.2 Å². The van der Waals surface area contributed by atoms with Crippen molar-refractivity contribution in [2.75, 3.05) is 31.1 Å². The molecule has 0 atom stereocenters. The first-order chi connectivity index (χ1) is 6.77. The minimum absolute atomic E-state index is 0.198. The molecule has 0 bridgehead atoms. The summed E-state index contributed by atoms with van der Waals surface area (Å²) in [5.41, 5.74) is 0.610. The van der Waals surface area contributed by atoms with Crippen LogP contribution in [0.3, 0.4) is 0 Å². The van der Waals surface area contributed by atoms with Crippen molar-refractivity contribution < 1.29 is 4.39 Å². The summed E-state index contributed by atoms with van der Waals surface area (Å²) in [6, 6.07) is 4.67. The number of piperazine rings is 1. The first kappa shape index (κ1) is 9.74. The molecule has 14 heavy (non-hydrogen) atoms. The summed E-state index contributed by atoms with van der Waals surface area (Å²) in [5, 5.41) is 3.80. The van der Waals surface area contributed by atoms with Crippen LogP contribution in [-0.4, -0.2) is 26.2 Å². The summed E-state index contributed by atoms with van der Waals surface area (Å²) in [6.45, 7) is 3.45. The van der Waals surface area contributed by atoms with Gasteiger partial charge >= 0.3 is 0 Å². The maximum absolute atomic E-state index is 13.4. The van der Waals surface area contributed by atoms with Gasteiger partial charge in [0.2, 0.25) is 0 Å².